The summed E-state index contributed by atoms with van der Waals surface area (Å²) in [7, 11) is 3.14. The van der Waals surface area contributed by atoms with Crippen molar-refractivity contribution in [1.29, 1.82) is 0 Å². The number of fused-ring (bicyclic) bond motifs is 2. The molecule has 1 saturated carbocycles. The van der Waals surface area contributed by atoms with Crippen LogP contribution in [0, 0.1) is 6.92 Å². The lowest BCUT2D eigenvalue weighted by Gasteiger charge is -2.11. The third-order valence-electron chi connectivity index (χ3n) is 5.30. The molecule has 0 radical (unpaired) electrons. The molecule has 2 heterocycles. The second-order valence-electron chi connectivity index (χ2n) is 7.44. The van der Waals surface area contributed by atoms with Crippen LogP contribution in [0.3, 0.4) is 0 Å². The molecule has 33 heavy (non-hydrogen) atoms. The van der Waals surface area contributed by atoms with E-state index in [4.69, 9.17) is 18.6 Å². The summed E-state index contributed by atoms with van der Waals surface area (Å²) in [4.78, 5) is 21.2. The Morgan fingerprint density at radius 1 is 1.03 bits per heavy atom. The van der Waals surface area contributed by atoms with Gasteiger partial charge in [0.1, 0.15) is 23.4 Å². The van der Waals surface area contributed by atoms with Gasteiger partial charge in [0, 0.05) is 23.6 Å². The lowest BCUT2D eigenvalue weighted by Crippen LogP contribution is -2.25. The Bertz CT molecular complexity index is 1310. The molecule has 2 aromatic heterocycles. The molecule has 0 atom stereocenters. The minimum atomic E-state index is -0.102. The highest BCUT2D eigenvalue weighted by Gasteiger charge is 2.27. The normalized spacial score (nSPS) is 12.8. The number of methoxy groups -OCH3 is 2. The van der Waals surface area contributed by atoms with Crippen molar-refractivity contribution in [1.82, 2.24) is 15.3 Å². The van der Waals surface area contributed by atoms with Crippen LogP contribution in [-0.2, 0) is 0 Å². The summed E-state index contributed by atoms with van der Waals surface area (Å²) in [5, 5.41) is 4.45. The maximum atomic E-state index is 12.6. The fourth-order valence-electron chi connectivity index (χ4n) is 3.58. The van der Waals surface area contributed by atoms with E-state index in [0.29, 0.717) is 50.9 Å². The second kappa shape index (κ2) is 9.36. The average molecular weight is 450 g/mol. The van der Waals surface area contributed by atoms with Gasteiger partial charge in [-0.3, -0.25) is 4.79 Å². The molecule has 2 aromatic carbocycles. The highest BCUT2D eigenvalue weighted by molar-refractivity contribution is 6.07. The number of carbonyl (C=O) groups excluding carboxylic acids is 1. The van der Waals surface area contributed by atoms with E-state index in [9.17, 15) is 4.79 Å². The molecule has 0 spiro atoms. The van der Waals surface area contributed by atoms with Gasteiger partial charge in [0.05, 0.1) is 30.7 Å². The smallest absolute Gasteiger partial charge is 0.255 e. The summed E-state index contributed by atoms with van der Waals surface area (Å²) >= 11 is 0. The fraction of sp³-hybridized carbons (Fsp3) is 0.320. The molecule has 0 saturated heterocycles. The number of aromatic nitrogens is 2. The van der Waals surface area contributed by atoms with Gasteiger partial charge in [-0.2, -0.15) is 0 Å². The zero-order valence-electron chi connectivity index (χ0n) is 19.4. The largest absolute Gasteiger partial charge is 0.493 e. The minimum absolute atomic E-state index is 0.102. The van der Waals surface area contributed by atoms with Crippen molar-refractivity contribution >= 4 is 27.8 Å². The van der Waals surface area contributed by atoms with Crippen LogP contribution in [0.25, 0.3) is 21.9 Å². The third kappa shape index (κ3) is 4.41. The predicted molar refractivity (Wildman–Crippen MR) is 126 cm³/mol. The highest BCUT2D eigenvalue weighted by Crippen LogP contribution is 2.37. The van der Waals surface area contributed by atoms with Crippen LogP contribution in [-0.4, -0.2) is 36.1 Å². The van der Waals surface area contributed by atoms with Crippen LogP contribution < -0.4 is 19.5 Å². The first-order chi connectivity index (χ1) is 16.1. The van der Waals surface area contributed by atoms with Crippen LogP contribution in [0.1, 0.15) is 42.8 Å². The molecule has 0 unspecified atom stereocenters. The number of carbonyl (C=O) groups is 1. The van der Waals surface area contributed by atoms with Gasteiger partial charge in [-0.1, -0.05) is 13.8 Å². The van der Waals surface area contributed by atoms with Crippen LogP contribution >= 0.6 is 0 Å². The Labute approximate surface area is 191 Å². The van der Waals surface area contributed by atoms with Gasteiger partial charge in [-0.25, -0.2) is 9.97 Å². The van der Waals surface area contributed by atoms with E-state index in [1.165, 1.54) is 6.33 Å². The average Bonchev–Trinajstić information content (AvgIpc) is 3.58. The Morgan fingerprint density at radius 2 is 1.76 bits per heavy atom. The lowest BCUT2D eigenvalue weighted by atomic mass is 10.1. The molecule has 1 amide bonds. The van der Waals surface area contributed by atoms with Crippen molar-refractivity contribution in [3.63, 3.8) is 0 Å². The summed E-state index contributed by atoms with van der Waals surface area (Å²) in [6, 6.07) is 9.20. The molecular formula is C25H27N3O5. The quantitative estimate of drug-likeness (QED) is 0.420. The topological polar surface area (TPSA) is 95.7 Å². The number of aryl methyl sites for hydroxylation is 1. The van der Waals surface area contributed by atoms with Gasteiger partial charge < -0.3 is 23.9 Å². The van der Waals surface area contributed by atoms with Crippen LogP contribution in [0.5, 0.6) is 23.1 Å². The summed E-state index contributed by atoms with van der Waals surface area (Å²) in [6.45, 7) is 5.79. The van der Waals surface area contributed by atoms with Crippen LogP contribution in [0.2, 0.25) is 0 Å². The number of hydrogen-bond acceptors (Lipinski definition) is 7. The molecule has 8 nitrogen and oxygen atoms in total. The lowest BCUT2D eigenvalue weighted by molar-refractivity contribution is 0.0951. The van der Waals surface area contributed by atoms with Crippen molar-refractivity contribution in [2.75, 3.05) is 14.2 Å². The summed E-state index contributed by atoms with van der Waals surface area (Å²) < 4.78 is 22.6. The number of benzene rings is 2. The van der Waals surface area contributed by atoms with Crippen LogP contribution in [0.15, 0.2) is 41.1 Å². The molecule has 1 aliphatic carbocycles. The van der Waals surface area contributed by atoms with Crippen molar-refractivity contribution in [3.8, 4) is 23.1 Å². The fourth-order valence-corrected chi connectivity index (χ4v) is 3.58. The maximum absolute atomic E-state index is 12.6. The van der Waals surface area contributed by atoms with Crippen molar-refractivity contribution in [2.45, 2.75) is 39.7 Å². The zero-order chi connectivity index (χ0) is 23.5. The van der Waals surface area contributed by atoms with E-state index in [0.717, 1.165) is 18.2 Å². The number of furan rings is 1. The van der Waals surface area contributed by atoms with E-state index in [1.807, 2.05) is 19.9 Å². The Hall–Kier alpha value is -3.81. The van der Waals surface area contributed by atoms with Crippen molar-refractivity contribution in [3.05, 3.63) is 48.0 Å². The third-order valence-corrected chi connectivity index (χ3v) is 5.30. The van der Waals surface area contributed by atoms with Crippen LogP contribution in [0.4, 0.5) is 0 Å². The molecule has 0 bridgehead atoms. The molecule has 1 N–H and O–H groups in total. The van der Waals surface area contributed by atoms with Gasteiger partial charge in [0.25, 0.3) is 5.91 Å². The van der Waals surface area contributed by atoms with E-state index < -0.39 is 0 Å². The Kier molecular flexibility index (Phi) is 6.35. The van der Waals surface area contributed by atoms with E-state index >= 15 is 0 Å². The summed E-state index contributed by atoms with van der Waals surface area (Å²) in [5.74, 6) is 2.51. The second-order valence-corrected chi connectivity index (χ2v) is 7.44. The van der Waals surface area contributed by atoms with Gasteiger partial charge in [-0.05, 0) is 38.0 Å². The van der Waals surface area contributed by atoms with E-state index in [2.05, 4.69) is 15.3 Å². The molecule has 5 rings (SSSR count). The zero-order valence-corrected chi connectivity index (χ0v) is 19.4. The monoisotopic (exact) mass is 449 g/mol. The van der Waals surface area contributed by atoms with Gasteiger partial charge >= 0.3 is 0 Å². The molecule has 4 aromatic rings. The molecule has 1 fully saturated rings. The number of amides is 1. The molecule has 0 aliphatic heterocycles. The number of hydrogen-bond donors (Lipinski definition) is 1. The van der Waals surface area contributed by atoms with E-state index in [-0.39, 0.29) is 11.9 Å². The van der Waals surface area contributed by atoms with Gasteiger partial charge in [0.15, 0.2) is 11.5 Å². The predicted octanol–water partition coefficient (Wildman–Crippen LogP) is 5.41. The number of nitrogens with one attached hydrogen (secondary N) is 1. The maximum Gasteiger partial charge on any atom is 0.255 e. The van der Waals surface area contributed by atoms with Gasteiger partial charge in [-0.15, -0.1) is 0 Å². The SMILES string of the molecule is CC.COc1cc2ncnc(Oc3ccc4c(C(=O)NC5CC5)c(C)oc4c3)c2cc1OC. The summed E-state index contributed by atoms with van der Waals surface area (Å²) in [6.07, 6.45) is 3.49. The summed E-state index contributed by atoms with van der Waals surface area (Å²) in [5.41, 5.74) is 1.81. The standard InChI is InChI=1S/C23H21N3O5.C2H6/c1-12-21(22(27)26-13-4-5-13)15-7-6-14(8-18(15)30-12)31-23-16-9-19(28-2)20(29-3)10-17(16)24-11-25-23;1-2/h6-11,13H,4-5H2,1-3H3,(H,26,27);1-2H3. The molecule has 172 valence electrons. The molecular weight excluding hydrogens is 422 g/mol. The Balaban J connectivity index is 0.00000126. The molecule has 1 aliphatic rings. The number of rotatable bonds is 6. The molecule has 8 heteroatoms. The number of ether oxygens (including phenoxy) is 3. The first-order valence-electron chi connectivity index (χ1n) is 11.0. The van der Waals surface area contributed by atoms with Crippen molar-refractivity contribution in [2.24, 2.45) is 0 Å². The van der Waals surface area contributed by atoms with Gasteiger partial charge in [0.2, 0.25) is 5.88 Å². The first kappa shape index (κ1) is 22.4. The number of nitrogens with zero attached hydrogens (tertiary/aromatic N) is 2. The highest BCUT2D eigenvalue weighted by atomic mass is 16.5. The minimum Gasteiger partial charge on any atom is -0.493 e. The van der Waals surface area contributed by atoms with E-state index in [1.54, 1.807) is 45.4 Å². The Morgan fingerprint density at radius 3 is 2.45 bits per heavy atom. The first-order valence-corrected chi connectivity index (χ1v) is 11.0. The van der Waals surface area contributed by atoms with Crippen molar-refractivity contribution < 1.29 is 23.4 Å².